The third-order valence-corrected chi connectivity index (χ3v) is 5.54. The van der Waals surface area contributed by atoms with Crippen molar-refractivity contribution in [2.24, 2.45) is 4.40 Å². The lowest BCUT2D eigenvalue weighted by Crippen LogP contribution is -2.37. The molecule has 0 radical (unpaired) electrons. The summed E-state index contributed by atoms with van der Waals surface area (Å²) in [6, 6.07) is 11.6. The summed E-state index contributed by atoms with van der Waals surface area (Å²) in [5, 5.41) is 0. The number of rotatable bonds is 3. The lowest BCUT2D eigenvalue weighted by molar-refractivity contribution is 0.476. The average Bonchev–Trinajstić information content (AvgIpc) is 2.63. The summed E-state index contributed by atoms with van der Waals surface area (Å²) in [6.45, 7) is 2.17. The third kappa shape index (κ3) is 3.64. The first kappa shape index (κ1) is 17.5. The molecule has 0 N–H and O–H groups in total. The zero-order valence-corrected chi connectivity index (χ0v) is 15.4. The van der Waals surface area contributed by atoms with E-state index in [-0.39, 0.29) is 11.6 Å². The number of halogens is 1. The monoisotopic (exact) mass is 384 g/mol. The smallest absolute Gasteiger partial charge is 0.256 e. The Kier molecular flexibility index (Phi) is 4.31. The zero-order valence-electron chi connectivity index (χ0n) is 14.6. The fraction of sp³-hybridized carbons (Fsp3) is 0.150. The quantitative estimate of drug-likeness (QED) is 0.806. The van der Waals surface area contributed by atoms with Crippen LogP contribution in [0.25, 0.3) is 5.57 Å². The Morgan fingerprint density at radius 1 is 1.15 bits per heavy atom. The normalized spacial score (nSPS) is 17.8. The summed E-state index contributed by atoms with van der Waals surface area (Å²) < 4.78 is 46.7. The molecule has 2 aromatic rings. The van der Waals surface area contributed by atoms with Gasteiger partial charge in [0.25, 0.3) is 10.0 Å². The summed E-state index contributed by atoms with van der Waals surface area (Å²) in [6.07, 6.45) is 5.54. The number of aryl methyl sites for hydroxylation is 1. The minimum absolute atomic E-state index is 0.0118. The maximum absolute atomic E-state index is 13.2. The SMILES string of the molecule is Cc1cc(F)ccc1Oc1ccc(C2=CC=CN3CCS(=O)(=O)N=C23)cc1. The second-order valence-electron chi connectivity index (χ2n) is 6.35. The van der Waals surface area contributed by atoms with Crippen molar-refractivity contribution in [1.82, 2.24) is 4.90 Å². The standard InChI is InChI=1S/C20H17FN2O3S/c1-14-13-16(21)6-9-19(14)26-17-7-4-15(5-8-17)18-3-2-10-23-11-12-27(24,25)22-20(18)23/h2-10,13H,11-12H2,1H3. The van der Waals surface area contributed by atoms with E-state index in [2.05, 4.69) is 4.40 Å². The number of nitrogens with zero attached hydrogens (tertiary/aromatic N) is 2. The maximum Gasteiger partial charge on any atom is 0.256 e. The van der Waals surface area contributed by atoms with Gasteiger partial charge in [0.1, 0.15) is 17.3 Å². The van der Waals surface area contributed by atoms with Crippen LogP contribution in [0.15, 0.2) is 65.2 Å². The summed E-state index contributed by atoms with van der Waals surface area (Å²) in [4.78, 5) is 1.84. The first-order valence-electron chi connectivity index (χ1n) is 8.44. The van der Waals surface area contributed by atoms with Crippen LogP contribution in [0.2, 0.25) is 0 Å². The van der Waals surface area contributed by atoms with E-state index < -0.39 is 10.0 Å². The zero-order chi connectivity index (χ0) is 19.0. The van der Waals surface area contributed by atoms with E-state index in [1.165, 1.54) is 12.1 Å². The van der Waals surface area contributed by atoms with E-state index in [1.807, 2.05) is 35.4 Å². The number of fused-ring (bicyclic) bond motifs is 1. The predicted octanol–water partition coefficient (Wildman–Crippen LogP) is 3.88. The Labute approximate surface area is 157 Å². The van der Waals surface area contributed by atoms with E-state index in [4.69, 9.17) is 4.74 Å². The molecule has 138 valence electrons. The first-order chi connectivity index (χ1) is 12.9. The minimum atomic E-state index is -3.43. The molecule has 7 heteroatoms. The van der Waals surface area contributed by atoms with Gasteiger partial charge < -0.3 is 9.64 Å². The molecule has 0 atom stereocenters. The molecule has 0 amide bonds. The number of hydrogen-bond acceptors (Lipinski definition) is 4. The van der Waals surface area contributed by atoms with Crippen molar-refractivity contribution in [3.8, 4) is 11.5 Å². The lowest BCUT2D eigenvalue weighted by Gasteiger charge is -2.29. The molecule has 5 nitrogen and oxygen atoms in total. The molecule has 2 aliphatic heterocycles. The van der Waals surface area contributed by atoms with Gasteiger partial charge in [0, 0.05) is 18.3 Å². The summed E-state index contributed by atoms with van der Waals surface area (Å²) >= 11 is 0. The molecular formula is C20H17FN2O3S. The van der Waals surface area contributed by atoms with Crippen molar-refractivity contribution in [1.29, 1.82) is 0 Å². The Hall–Kier alpha value is -2.93. The van der Waals surface area contributed by atoms with Crippen molar-refractivity contribution >= 4 is 21.4 Å². The summed E-state index contributed by atoms with van der Waals surface area (Å²) in [5.74, 6) is 1.33. The Morgan fingerprint density at radius 3 is 2.67 bits per heavy atom. The van der Waals surface area contributed by atoms with Crippen molar-refractivity contribution in [2.45, 2.75) is 6.92 Å². The number of hydrogen-bond donors (Lipinski definition) is 0. The molecule has 2 heterocycles. The van der Waals surface area contributed by atoms with Gasteiger partial charge in [-0.3, -0.25) is 0 Å². The van der Waals surface area contributed by atoms with E-state index in [9.17, 15) is 12.8 Å². The van der Waals surface area contributed by atoms with Crippen LogP contribution < -0.4 is 4.74 Å². The van der Waals surface area contributed by atoms with Crippen molar-refractivity contribution in [2.75, 3.05) is 12.3 Å². The van der Waals surface area contributed by atoms with Crippen LogP contribution in [-0.4, -0.2) is 31.5 Å². The fourth-order valence-electron chi connectivity index (χ4n) is 3.00. The summed E-state index contributed by atoms with van der Waals surface area (Å²) in [7, 11) is -3.43. The molecule has 2 aliphatic rings. The summed E-state index contributed by atoms with van der Waals surface area (Å²) in [5.41, 5.74) is 2.28. The molecule has 0 saturated carbocycles. The van der Waals surface area contributed by atoms with Gasteiger partial charge in [0.15, 0.2) is 5.84 Å². The predicted molar refractivity (Wildman–Crippen MR) is 103 cm³/mol. The van der Waals surface area contributed by atoms with Crippen molar-refractivity contribution in [3.63, 3.8) is 0 Å². The van der Waals surface area contributed by atoms with Crippen LogP contribution in [0.4, 0.5) is 4.39 Å². The maximum atomic E-state index is 13.2. The van der Waals surface area contributed by atoms with E-state index in [0.717, 1.165) is 11.1 Å². The molecule has 0 fully saturated rings. The number of sulfonamides is 1. The van der Waals surface area contributed by atoms with Crippen LogP contribution in [-0.2, 0) is 10.0 Å². The molecule has 0 saturated heterocycles. The molecule has 0 aromatic heterocycles. The van der Waals surface area contributed by atoms with Crippen LogP contribution in [0.3, 0.4) is 0 Å². The largest absolute Gasteiger partial charge is 0.457 e. The van der Waals surface area contributed by atoms with Gasteiger partial charge in [-0.1, -0.05) is 12.1 Å². The average molecular weight is 384 g/mol. The van der Waals surface area contributed by atoms with Crippen molar-refractivity contribution in [3.05, 3.63) is 77.8 Å². The van der Waals surface area contributed by atoms with Gasteiger partial charge in [-0.2, -0.15) is 0 Å². The van der Waals surface area contributed by atoms with Gasteiger partial charge in [-0.15, -0.1) is 4.40 Å². The molecule has 27 heavy (non-hydrogen) atoms. The highest BCUT2D eigenvalue weighted by Crippen LogP contribution is 2.29. The number of amidine groups is 1. The highest BCUT2D eigenvalue weighted by molar-refractivity contribution is 7.90. The third-order valence-electron chi connectivity index (χ3n) is 4.39. The molecule has 0 aliphatic carbocycles. The van der Waals surface area contributed by atoms with Gasteiger partial charge in [0.2, 0.25) is 0 Å². The van der Waals surface area contributed by atoms with Crippen LogP contribution >= 0.6 is 0 Å². The second-order valence-corrected chi connectivity index (χ2v) is 8.11. The number of ether oxygens (including phenoxy) is 1. The number of allylic oxidation sites excluding steroid dienone is 2. The topological polar surface area (TPSA) is 59.0 Å². The van der Waals surface area contributed by atoms with Gasteiger partial charge in [-0.25, -0.2) is 12.8 Å². The fourth-order valence-corrected chi connectivity index (χ4v) is 3.98. The minimum Gasteiger partial charge on any atom is -0.457 e. The molecular weight excluding hydrogens is 367 g/mol. The van der Waals surface area contributed by atoms with Crippen molar-refractivity contribution < 1.29 is 17.5 Å². The van der Waals surface area contributed by atoms with E-state index in [0.29, 0.717) is 29.4 Å². The molecule has 2 aromatic carbocycles. The number of benzene rings is 2. The molecule has 0 bridgehead atoms. The first-order valence-corrected chi connectivity index (χ1v) is 10.0. The van der Waals surface area contributed by atoms with Gasteiger partial charge >= 0.3 is 0 Å². The van der Waals surface area contributed by atoms with E-state index >= 15 is 0 Å². The van der Waals surface area contributed by atoms with Crippen LogP contribution in [0.1, 0.15) is 11.1 Å². The molecule has 0 spiro atoms. The second kappa shape index (κ2) is 6.66. The Bertz CT molecular complexity index is 1090. The lowest BCUT2D eigenvalue weighted by atomic mass is 10.0. The van der Waals surface area contributed by atoms with Crippen LogP contribution in [0, 0.1) is 12.7 Å². The highest BCUT2D eigenvalue weighted by atomic mass is 32.2. The van der Waals surface area contributed by atoms with Crippen LogP contribution in [0.5, 0.6) is 11.5 Å². The van der Waals surface area contributed by atoms with E-state index in [1.54, 1.807) is 25.1 Å². The highest BCUT2D eigenvalue weighted by Gasteiger charge is 2.27. The Balaban J connectivity index is 1.61. The molecule has 4 rings (SSSR count). The van der Waals surface area contributed by atoms with Gasteiger partial charge in [-0.05, 0) is 60.5 Å². The Morgan fingerprint density at radius 2 is 1.93 bits per heavy atom. The molecule has 0 unspecified atom stereocenters. The van der Waals surface area contributed by atoms with Gasteiger partial charge in [0.05, 0.1) is 5.75 Å².